The fourth-order valence-corrected chi connectivity index (χ4v) is 1.92. The van der Waals surface area contributed by atoms with Crippen molar-refractivity contribution in [2.45, 2.75) is 20.0 Å². The van der Waals surface area contributed by atoms with Gasteiger partial charge in [0.1, 0.15) is 5.75 Å². The smallest absolute Gasteiger partial charge is 0.265 e. The van der Waals surface area contributed by atoms with Crippen LogP contribution in [-0.2, 0) is 4.79 Å². The van der Waals surface area contributed by atoms with Gasteiger partial charge in [-0.1, -0.05) is 29.8 Å². The Hall–Kier alpha value is -2.82. The van der Waals surface area contributed by atoms with Gasteiger partial charge < -0.3 is 15.8 Å². The average Bonchev–Trinajstić information content (AvgIpc) is 2.49. The quantitative estimate of drug-likeness (QED) is 0.889. The van der Waals surface area contributed by atoms with Crippen molar-refractivity contribution >= 4 is 17.5 Å². The Morgan fingerprint density at radius 2 is 1.73 bits per heavy atom. The lowest BCUT2D eigenvalue weighted by Crippen LogP contribution is -2.31. The van der Waals surface area contributed by atoms with E-state index in [1.165, 1.54) is 0 Å². The van der Waals surface area contributed by atoms with Gasteiger partial charge in [0.2, 0.25) is 0 Å². The fraction of sp³-hybridized carbons (Fsp3) is 0.176. The van der Waals surface area contributed by atoms with Crippen molar-refractivity contribution in [3.8, 4) is 5.75 Å². The van der Waals surface area contributed by atoms with Gasteiger partial charge in [-0.25, -0.2) is 0 Å². The van der Waals surface area contributed by atoms with Gasteiger partial charge in [-0.15, -0.1) is 0 Å². The molecule has 2 aromatic carbocycles. The predicted molar refractivity (Wildman–Crippen MR) is 84.9 cm³/mol. The third-order valence-corrected chi connectivity index (χ3v) is 3.15. The number of amides is 2. The lowest BCUT2D eigenvalue weighted by molar-refractivity contribution is -0.122. The number of anilines is 1. The minimum Gasteiger partial charge on any atom is -0.481 e. The van der Waals surface area contributed by atoms with Gasteiger partial charge in [0.25, 0.3) is 11.8 Å². The van der Waals surface area contributed by atoms with E-state index < -0.39 is 12.0 Å². The molecule has 2 amide bonds. The van der Waals surface area contributed by atoms with E-state index in [1.54, 1.807) is 43.3 Å². The van der Waals surface area contributed by atoms with E-state index in [0.29, 0.717) is 11.4 Å². The minimum absolute atomic E-state index is 0.262. The largest absolute Gasteiger partial charge is 0.481 e. The molecule has 0 radical (unpaired) electrons. The normalized spacial score (nSPS) is 11.5. The van der Waals surface area contributed by atoms with Crippen LogP contribution in [0.4, 0.5) is 5.69 Å². The minimum atomic E-state index is -0.705. The van der Waals surface area contributed by atoms with Crippen LogP contribution in [0.2, 0.25) is 0 Å². The van der Waals surface area contributed by atoms with Crippen LogP contribution in [0.15, 0.2) is 48.5 Å². The van der Waals surface area contributed by atoms with E-state index in [-0.39, 0.29) is 11.5 Å². The average molecular weight is 298 g/mol. The van der Waals surface area contributed by atoms with Crippen molar-refractivity contribution in [3.63, 3.8) is 0 Å². The molecule has 0 aliphatic heterocycles. The summed E-state index contributed by atoms with van der Waals surface area (Å²) in [5, 5.41) is 2.66. The number of carbonyl (C=O) groups is 2. The summed E-state index contributed by atoms with van der Waals surface area (Å²) in [6, 6.07) is 14.0. The van der Waals surface area contributed by atoms with Crippen LogP contribution in [-0.4, -0.2) is 17.9 Å². The number of benzene rings is 2. The zero-order chi connectivity index (χ0) is 16.1. The van der Waals surface area contributed by atoms with E-state index in [4.69, 9.17) is 10.5 Å². The molecule has 22 heavy (non-hydrogen) atoms. The number of rotatable bonds is 5. The number of primary amides is 1. The molecule has 0 aliphatic rings. The zero-order valence-corrected chi connectivity index (χ0v) is 12.5. The van der Waals surface area contributed by atoms with Crippen molar-refractivity contribution in [2.75, 3.05) is 5.32 Å². The van der Waals surface area contributed by atoms with E-state index in [9.17, 15) is 9.59 Å². The zero-order valence-electron chi connectivity index (χ0n) is 12.5. The highest BCUT2D eigenvalue weighted by Gasteiger charge is 2.17. The van der Waals surface area contributed by atoms with Gasteiger partial charge in [0.15, 0.2) is 6.10 Å². The molecule has 0 fully saturated rings. The van der Waals surface area contributed by atoms with E-state index in [0.717, 1.165) is 5.56 Å². The number of aryl methyl sites for hydroxylation is 1. The van der Waals surface area contributed by atoms with Crippen LogP contribution >= 0.6 is 0 Å². The first-order valence-corrected chi connectivity index (χ1v) is 6.90. The molecule has 0 saturated heterocycles. The molecular weight excluding hydrogens is 280 g/mol. The maximum atomic E-state index is 12.2. The van der Waals surface area contributed by atoms with Crippen LogP contribution in [0, 0.1) is 6.92 Å². The topological polar surface area (TPSA) is 81.4 Å². The van der Waals surface area contributed by atoms with Crippen LogP contribution in [0.3, 0.4) is 0 Å². The molecular formula is C17H18N2O3. The molecule has 0 aromatic heterocycles. The Morgan fingerprint density at radius 3 is 2.36 bits per heavy atom. The monoisotopic (exact) mass is 298 g/mol. The first-order chi connectivity index (χ1) is 10.5. The van der Waals surface area contributed by atoms with E-state index >= 15 is 0 Å². The highest BCUT2D eigenvalue weighted by molar-refractivity contribution is 6.03. The maximum absolute atomic E-state index is 12.2. The summed E-state index contributed by atoms with van der Waals surface area (Å²) in [7, 11) is 0. The number of nitrogens with one attached hydrogen (secondary N) is 1. The van der Waals surface area contributed by atoms with Crippen LogP contribution < -0.4 is 15.8 Å². The van der Waals surface area contributed by atoms with Crippen molar-refractivity contribution in [1.82, 2.24) is 0 Å². The Labute approximate surface area is 129 Å². The maximum Gasteiger partial charge on any atom is 0.265 e. The molecule has 0 heterocycles. The molecule has 0 aliphatic carbocycles. The summed E-state index contributed by atoms with van der Waals surface area (Å²) in [5.74, 6) is -0.339. The lowest BCUT2D eigenvalue weighted by atomic mass is 10.1. The molecule has 0 spiro atoms. The standard InChI is InChI=1S/C17H18N2O3/c1-11-7-9-13(10-8-11)22-12(2)17(21)19-15-6-4-3-5-14(15)16(18)20/h3-10,12H,1-2H3,(H2,18,20)(H,19,21)/t12-/m1/s1. The van der Waals surface area contributed by atoms with Gasteiger partial charge in [0, 0.05) is 0 Å². The number of ether oxygens (including phenoxy) is 1. The number of hydrogen-bond donors (Lipinski definition) is 2. The van der Waals surface area contributed by atoms with E-state index in [2.05, 4.69) is 5.32 Å². The summed E-state index contributed by atoms with van der Waals surface area (Å²) in [6.45, 7) is 3.61. The molecule has 114 valence electrons. The SMILES string of the molecule is Cc1ccc(O[C@H](C)C(=O)Nc2ccccc2C(N)=O)cc1. The fourth-order valence-electron chi connectivity index (χ4n) is 1.92. The molecule has 0 unspecified atom stereocenters. The molecule has 1 atom stereocenters. The molecule has 2 rings (SSSR count). The summed E-state index contributed by atoms with van der Waals surface area (Å²) in [4.78, 5) is 23.5. The van der Waals surface area contributed by atoms with Gasteiger partial charge in [-0.2, -0.15) is 0 Å². The Morgan fingerprint density at radius 1 is 1.09 bits per heavy atom. The van der Waals surface area contributed by atoms with Gasteiger partial charge in [0.05, 0.1) is 11.3 Å². The number of para-hydroxylation sites is 1. The lowest BCUT2D eigenvalue weighted by Gasteiger charge is -2.16. The van der Waals surface area contributed by atoms with Crippen LogP contribution in [0.1, 0.15) is 22.8 Å². The van der Waals surface area contributed by atoms with Crippen LogP contribution in [0.5, 0.6) is 5.75 Å². The van der Waals surface area contributed by atoms with Crippen molar-refractivity contribution < 1.29 is 14.3 Å². The molecule has 2 aromatic rings. The highest BCUT2D eigenvalue weighted by atomic mass is 16.5. The third-order valence-electron chi connectivity index (χ3n) is 3.15. The summed E-state index contributed by atoms with van der Waals surface area (Å²) in [6.07, 6.45) is -0.705. The first-order valence-electron chi connectivity index (χ1n) is 6.90. The first kappa shape index (κ1) is 15.6. The summed E-state index contributed by atoms with van der Waals surface area (Å²) < 4.78 is 5.58. The molecule has 3 N–H and O–H groups in total. The number of carbonyl (C=O) groups excluding carboxylic acids is 2. The Kier molecular flexibility index (Phi) is 4.78. The van der Waals surface area contributed by atoms with Gasteiger partial charge in [-0.3, -0.25) is 9.59 Å². The van der Waals surface area contributed by atoms with Crippen molar-refractivity contribution in [2.24, 2.45) is 5.73 Å². The molecule has 0 bridgehead atoms. The molecule has 0 saturated carbocycles. The molecule has 5 heteroatoms. The Balaban J connectivity index is 2.05. The number of hydrogen-bond acceptors (Lipinski definition) is 3. The highest BCUT2D eigenvalue weighted by Crippen LogP contribution is 2.17. The van der Waals surface area contributed by atoms with Gasteiger partial charge in [-0.05, 0) is 38.1 Å². The Bertz CT molecular complexity index is 681. The molecule has 5 nitrogen and oxygen atoms in total. The predicted octanol–water partition coefficient (Wildman–Crippen LogP) is 2.50. The summed E-state index contributed by atoms with van der Waals surface area (Å²) >= 11 is 0. The summed E-state index contributed by atoms with van der Waals surface area (Å²) in [5.41, 5.74) is 7.03. The van der Waals surface area contributed by atoms with Crippen LogP contribution in [0.25, 0.3) is 0 Å². The van der Waals surface area contributed by atoms with E-state index in [1.807, 2.05) is 19.1 Å². The van der Waals surface area contributed by atoms with Crippen molar-refractivity contribution in [1.29, 1.82) is 0 Å². The van der Waals surface area contributed by atoms with Crippen molar-refractivity contribution in [3.05, 3.63) is 59.7 Å². The third kappa shape index (κ3) is 3.85. The second kappa shape index (κ2) is 6.76. The van der Waals surface area contributed by atoms with Gasteiger partial charge >= 0.3 is 0 Å². The second-order valence-corrected chi connectivity index (χ2v) is 4.97. The number of nitrogens with two attached hydrogens (primary N) is 1. The second-order valence-electron chi connectivity index (χ2n) is 4.97.